The Labute approximate surface area is 78.8 Å². The Balaban J connectivity index is 2.33. The van der Waals surface area contributed by atoms with Crippen LogP contribution in [0, 0.1) is 0 Å². The Morgan fingerprint density at radius 3 is 3.00 bits per heavy atom. The zero-order chi connectivity index (χ0) is 9.26. The van der Waals surface area contributed by atoms with Crippen LogP contribution in [0.25, 0.3) is 0 Å². The molecule has 0 spiro atoms. The van der Waals surface area contributed by atoms with Crippen molar-refractivity contribution in [3.05, 3.63) is 29.3 Å². The van der Waals surface area contributed by atoms with E-state index in [1.54, 1.807) is 23.2 Å². The maximum absolute atomic E-state index is 9.80. The van der Waals surface area contributed by atoms with Crippen LogP contribution in [0.4, 0.5) is 0 Å². The molecule has 0 saturated carbocycles. The average Bonchev–Trinajstić information content (AvgIpc) is 2.72. The Kier molecular flexibility index (Phi) is 2.07. The van der Waals surface area contributed by atoms with Gasteiger partial charge in [-0.3, -0.25) is 0 Å². The fraction of sp³-hybridized carbons (Fsp3) is 0.286. The van der Waals surface area contributed by atoms with Gasteiger partial charge in [0.1, 0.15) is 11.9 Å². The molecule has 6 heteroatoms. The number of aliphatic hydroxyl groups excluding tert-OH is 1. The lowest BCUT2D eigenvalue weighted by molar-refractivity contribution is 0.210. The van der Waals surface area contributed by atoms with E-state index in [-0.39, 0.29) is 0 Å². The summed E-state index contributed by atoms with van der Waals surface area (Å²) in [6.45, 7) is 0. The van der Waals surface area contributed by atoms with Gasteiger partial charge in [-0.2, -0.15) is 0 Å². The molecular formula is C7H8N4OS. The minimum atomic E-state index is -0.722. The van der Waals surface area contributed by atoms with Crippen molar-refractivity contribution < 1.29 is 5.11 Å². The van der Waals surface area contributed by atoms with Crippen molar-refractivity contribution in [2.75, 3.05) is 0 Å². The molecule has 0 aliphatic carbocycles. The molecule has 13 heavy (non-hydrogen) atoms. The van der Waals surface area contributed by atoms with Gasteiger partial charge in [-0.1, -0.05) is 4.49 Å². The van der Waals surface area contributed by atoms with Crippen molar-refractivity contribution in [1.29, 1.82) is 0 Å². The zero-order valence-corrected chi connectivity index (χ0v) is 7.77. The van der Waals surface area contributed by atoms with Crippen LogP contribution in [0.1, 0.15) is 16.8 Å². The number of nitrogens with zero attached hydrogens (tertiary/aromatic N) is 4. The van der Waals surface area contributed by atoms with E-state index in [2.05, 4.69) is 14.6 Å². The molecule has 0 bridgehead atoms. The molecule has 1 atom stereocenters. The van der Waals surface area contributed by atoms with Gasteiger partial charge in [-0.15, -0.1) is 5.10 Å². The monoisotopic (exact) mass is 196 g/mol. The van der Waals surface area contributed by atoms with Crippen LogP contribution in [-0.2, 0) is 7.05 Å². The van der Waals surface area contributed by atoms with Gasteiger partial charge < -0.3 is 9.67 Å². The first kappa shape index (κ1) is 8.33. The summed E-state index contributed by atoms with van der Waals surface area (Å²) in [4.78, 5) is 4.74. The summed E-state index contributed by atoms with van der Waals surface area (Å²) in [6, 6.07) is 0. The second kappa shape index (κ2) is 3.23. The van der Waals surface area contributed by atoms with Gasteiger partial charge in [-0.05, 0) is 11.5 Å². The highest BCUT2D eigenvalue weighted by molar-refractivity contribution is 7.05. The molecule has 0 fully saturated rings. The van der Waals surface area contributed by atoms with Crippen LogP contribution in [0.15, 0.2) is 18.6 Å². The molecular weight excluding hydrogens is 188 g/mol. The standard InChI is InChI=1S/C7H8N4OS/c1-11-3-2-8-7(11)6(12)5-4-9-10-13-5/h2-4,6,12H,1H3. The Hall–Kier alpha value is -1.27. The van der Waals surface area contributed by atoms with Crippen molar-refractivity contribution >= 4 is 11.5 Å². The van der Waals surface area contributed by atoms with E-state index in [0.29, 0.717) is 10.7 Å². The fourth-order valence-electron chi connectivity index (χ4n) is 1.06. The fourth-order valence-corrected chi connectivity index (χ4v) is 1.55. The number of hydrogen-bond donors (Lipinski definition) is 1. The van der Waals surface area contributed by atoms with Gasteiger partial charge in [0.15, 0.2) is 0 Å². The maximum Gasteiger partial charge on any atom is 0.149 e. The normalized spacial score (nSPS) is 13.1. The van der Waals surface area contributed by atoms with E-state index in [1.807, 2.05) is 7.05 Å². The first-order valence-corrected chi connectivity index (χ1v) is 4.49. The molecule has 0 radical (unpaired) electrons. The van der Waals surface area contributed by atoms with Gasteiger partial charge in [0.25, 0.3) is 0 Å². The summed E-state index contributed by atoms with van der Waals surface area (Å²) < 4.78 is 5.45. The van der Waals surface area contributed by atoms with E-state index in [0.717, 1.165) is 0 Å². The molecule has 0 amide bonds. The predicted octanol–water partition coefficient (Wildman–Crippen LogP) is 0.353. The van der Waals surface area contributed by atoms with Gasteiger partial charge in [-0.25, -0.2) is 4.98 Å². The third kappa shape index (κ3) is 1.45. The van der Waals surface area contributed by atoms with Crippen LogP contribution in [-0.4, -0.2) is 24.2 Å². The highest BCUT2D eigenvalue weighted by Gasteiger charge is 2.16. The first-order chi connectivity index (χ1) is 6.29. The lowest BCUT2D eigenvalue weighted by atomic mass is 10.3. The molecule has 2 aromatic heterocycles. The van der Waals surface area contributed by atoms with Crippen molar-refractivity contribution in [1.82, 2.24) is 19.1 Å². The number of imidazole rings is 1. The van der Waals surface area contributed by atoms with E-state index < -0.39 is 6.10 Å². The molecule has 2 aromatic rings. The van der Waals surface area contributed by atoms with Gasteiger partial charge in [0, 0.05) is 19.4 Å². The summed E-state index contributed by atoms with van der Waals surface area (Å²) in [5.74, 6) is 0.603. The summed E-state index contributed by atoms with van der Waals surface area (Å²) in [7, 11) is 1.83. The topological polar surface area (TPSA) is 63.8 Å². The van der Waals surface area contributed by atoms with Crippen molar-refractivity contribution in [3.8, 4) is 0 Å². The Bertz CT molecular complexity index is 383. The van der Waals surface area contributed by atoms with Crippen molar-refractivity contribution in [3.63, 3.8) is 0 Å². The lowest BCUT2D eigenvalue weighted by Gasteiger charge is -2.06. The first-order valence-electron chi connectivity index (χ1n) is 3.71. The summed E-state index contributed by atoms with van der Waals surface area (Å²) in [6.07, 6.45) is 4.25. The Morgan fingerprint density at radius 2 is 2.46 bits per heavy atom. The third-order valence-electron chi connectivity index (χ3n) is 1.75. The predicted molar refractivity (Wildman–Crippen MR) is 47.2 cm³/mol. The van der Waals surface area contributed by atoms with Gasteiger partial charge in [0.05, 0.1) is 11.1 Å². The van der Waals surface area contributed by atoms with E-state index in [9.17, 15) is 5.11 Å². The molecule has 1 unspecified atom stereocenters. The van der Waals surface area contributed by atoms with E-state index in [1.165, 1.54) is 11.5 Å². The molecule has 1 N–H and O–H groups in total. The van der Waals surface area contributed by atoms with Crippen LogP contribution in [0.5, 0.6) is 0 Å². The second-order valence-electron chi connectivity index (χ2n) is 2.62. The lowest BCUT2D eigenvalue weighted by Crippen LogP contribution is -2.05. The zero-order valence-electron chi connectivity index (χ0n) is 6.95. The second-order valence-corrected chi connectivity index (χ2v) is 3.44. The molecule has 68 valence electrons. The Morgan fingerprint density at radius 1 is 1.62 bits per heavy atom. The van der Waals surface area contributed by atoms with Crippen molar-refractivity contribution in [2.24, 2.45) is 7.05 Å². The van der Waals surface area contributed by atoms with Crippen LogP contribution < -0.4 is 0 Å². The molecule has 0 aliphatic heterocycles. The molecule has 2 heterocycles. The minimum absolute atomic E-state index is 0.603. The minimum Gasteiger partial charge on any atom is -0.379 e. The molecule has 0 aromatic carbocycles. The third-order valence-corrected chi connectivity index (χ3v) is 2.47. The van der Waals surface area contributed by atoms with Crippen molar-refractivity contribution in [2.45, 2.75) is 6.10 Å². The molecule has 2 rings (SSSR count). The number of aryl methyl sites for hydroxylation is 1. The number of aromatic nitrogens is 4. The van der Waals surface area contributed by atoms with E-state index in [4.69, 9.17) is 0 Å². The number of rotatable bonds is 2. The van der Waals surface area contributed by atoms with Gasteiger partial charge in [0.2, 0.25) is 0 Å². The maximum atomic E-state index is 9.80. The van der Waals surface area contributed by atoms with Gasteiger partial charge >= 0.3 is 0 Å². The molecule has 5 nitrogen and oxygen atoms in total. The quantitative estimate of drug-likeness (QED) is 0.753. The SMILES string of the molecule is Cn1ccnc1C(O)c1cnns1. The largest absolute Gasteiger partial charge is 0.379 e. The summed E-state index contributed by atoms with van der Waals surface area (Å²) in [5, 5.41) is 13.5. The highest BCUT2D eigenvalue weighted by Crippen LogP contribution is 2.21. The van der Waals surface area contributed by atoms with Crippen LogP contribution >= 0.6 is 11.5 Å². The molecule has 0 aliphatic rings. The van der Waals surface area contributed by atoms with Crippen LogP contribution in [0.3, 0.4) is 0 Å². The average molecular weight is 196 g/mol. The highest BCUT2D eigenvalue weighted by atomic mass is 32.1. The van der Waals surface area contributed by atoms with E-state index >= 15 is 0 Å². The number of aliphatic hydroxyl groups is 1. The number of hydrogen-bond acceptors (Lipinski definition) is 5. The molecule has 0 saturated heterocycles. The van der Waals surface area contributed by atoms with Crippen LogP contribution in [0.2, 0.25) is 0 Å². The summed E-state index contributed by atoms with van der Waals surface area (Å²) in [5.41, 5.74) is 0. The summed E-state index contributed by atoms with van der Waals surface area (Å²) >= 11 is 1.17. The smallest absolute Gasteiger partial charge is 0.149 e.